The van der Waals surface area contributed by atoms with Crippen molar-refractivity contribution in [3.05, 3.63) is 17.0 Å². The first-order chi connectivity index (χ1) is 7.54. The standard InChI is InChI=1S/C10H14F3N3/c11-10(12,13)9-7-3-1-4-8(7)15-16(9)6-2-5-14/h1-6,14H2. The summed E-state index contributed by atoms with van der Waals surface area (Å²) < 4.78 is 39.7. The number of hydrogen-bond donors (Lipinski definition) is 1. The minimum Gasteiger partial charge on any atom is -0.330 e. The van der Waals surface area contributed by atoms with Crippen molar-refractivity contribution in [1.82, 2.24) is 9.78 Å². The first kappa shape index (κ1) is 11.4. The molecule has 0 saturated carbocycles. The van der Waals surface area contributed by atoms with E-state index in [4.69, 9.17) is 5.73 Å². The van der Waals surface area contributed by atoms with Gasteiger partial charge in [-0.15, -0.1) is 0 Å². The lowest BCUT2D eigenvalue weighted by Gasteiger charge is -2.11. The van der Waals surface area contributed by atoms with Crippen molar-refractivity contribution in [3.63, 3.8) is 0 Å². The highest BCUT2D eigenvalue weighted by Crippen LogP contribution is 2.37. The number of halogens is 3. The average molecular weight is 233 g/mol. The van der Waals surface area contributed by atoms with Gasteiger partial charge >= 0.3 is 6.18 Å². The van der Waals surface area contributed by atoms with Gasteiger partial charge in [-0.05, 0) is 32.2 Å². The number of rotatable bonds is 3. The van der Waals surface area contributed by atoms with E-state index in [9.17, 15) is 13.2 Å². The Morgan fingerprint density at radius 1 is 1.31 bits per heavy atom. The summed E-state index contributed by atoms with van der Waals surface area (Å²) in [6.45, 7) is 0.625. The highest BCUT2D eigenvalue weighted by molar-refractivity contribution is 5.32. The normalized spacial score (nSPS) is 15.5. The van der Waals surface area contributed by atoms with E-state index in [1.807, 2.05) is 0 Å². The van der Waals surface area contributed by atoms with Crippen LogP contribution in [0.1, 0.15) is 29.8 Å². The third-order valence-corrected chi connectivity index (χ3v) is 2.82. The maximum atomic E-state index is 12.9. The zero-order valence-electron chi connectivity index (χ0n) is 8.85. The van der Waals surface area contributed by atoms with Gasteiger partial charge in [0.1, 0.15) is 5.69 Å². The van der Waals surface area contributed by atoms with E-state index in [1.54, 1.807) is 0 Å². The molecule has 1 heterocycles. The fourth-order valence-electron chi connectivity index (χ4n) is 2.17. The molecule has 0 aliphatic heterocycles. The second-order valence-corrected chi connectivity index (χ2v) is 3.99. The Morgan fingerprint density at radius 2 is 2.06 bits per heavy atom. The van der Waals surface area contributed by atoms with Crippen LogP contribution in [-0.4, -0.2) is 16.3 Å². The molecule has 90 valence electrons. The third-order valence-electron chi connectivity index (χ3n) is 2.82. The Kier molecular flexibility index (Phi) is 2.92. The second kappa shape index (κ2) is 4.08. The van der Waals surface area contributed by atoms with Crippen molar-refractivity contribution in [3.8, 4) is 0 Å². The predicted molar refractivity (Wildman–Crippen MR) is 52.9 cm³/mol. The summed E-state index contributed by atoms with van der Waals surface area (Å²) in [6.07, 6.45) is -1.86. The van der Waals surface area contributed by atoms with Crippen molar-refractivity contribution < 1.29 is 13.2 Å². The molecule has 1 aromatic rings. The topological polar surface area (TPSA) is 43.8 Å². The lowest BCUT2D eigenvalue weighted by atomic mass is 10.2. The summed E-state index contributed by atoms with van der Waals surface area (Å²) in [5, 5.41) is 4.04. The highest BCUT2D eigenvalue weighted by Gasteiger charge is 2.40. The molecule has 16 heavy (non-hydrogen) atoms. The number of aryl methyl sites for hydroxylation is 2. The molecule has 1 aliphatic carbocycles. The lowest BCUT2D eigenvalue weighted by molar-refractivity contribution is -0.144. The van der Waals surface area contributed by atoms with Crippen LogP contribution in [0.3, 0.4) is 0 Å². The largest absolute Gasteiger partial charge is 0.433 e. The van der Waals surface area contributed by atoms with Crippen LogP contribution in [0.25, 0.3) is 0 Å². The smallest absolute Gasteiger partial charge is 0.330 e. The van der Waals surface area contributed by atoms with Crippen LogP contribution in [0.15, 0.2) is 0 Å². The first-order valence-electron chi connectivity index (χ1n) is 5.40. The van der Waals surface area contributed by atoms with Gasteiger partial charge in [0.25, 0.3) is 0 Å². The van der Waals surface area contributed by atoms with Crippen LogP contribution >= 0.6 is 0 Å². The molecular formula is C10H14F3N3. The highest BCUT2D eigenvalue weighted by atomic mass is 19.4. The number of fused-ring (bicyclic) bond motifs is 1. The molecule has 0 atom stereocenters. The molecule has 2 N–H and O–H groups in total. The number of nitrogens with zero attached hydrogens (tertiary/aromatic N) is 2. The number of nitrogens with two attached hydrogens (primary N) is 1. The van der Waals surface area contributed by atoms with Crippen molar-refractivity contribution >= 4 is 0 Å². The molecule has 0 spiro atoms. The minimum atomic E-state index is -4.31. The van der Waals surface area contributed by atoms with E-state index in [0.717, 1.165) is 11.1 Å². The van der Waals surface area contributed by atoms with Gasteiger partial charge in [0.2, 0.25) is 0 Å². The molecule has 0 unspecified atom stereocenters. The number of aromatic nitrogens is 2. The van der Waals surface area contributed by atoms with Gasteiger partial charge in [-0.1, -0.05) is 0 Å². The zero-order valence-corrected chi connectivity index (χ0v) is 8.85. The summed E-state index contributed by atoms with van der Waals surface area (Å²) in [5.41, 5.74) is 5.75. The van der Waals surface area contributed by atoms with Crippen molar-refractivity contribution in [2.24, 2.45) is 5.73 Å². The van der Waals surface area contributed by atoms with Crippen molar-refractivity contribution in [2.75, 3.05) is 6.54 Å². The molecular weight excluding hydrogens is 219 g/mol. The van der Waals surface area contributed by atoms with E-state index < -0.39 is 11.9 Å². The Hall–Kier alpha value is -1.04. The predicted octanol–water partition coefficient (Wildman–Crippen LogP) is 1.74. The van der Waals surface area contributed by atoms with E-state index in [2.05, 4.69) is 5.10 Å². The summed E-state index contributed by atoms with van der Waals surface area (Å²) in [6, 6.07) is 0. The fourth-order valence-corrected chi connectivity index (χ4v) is 2.17. The Bertz CT molecular complexity index is 381. The summed E-state index contributed by atoms with van der Waals surface area (Å²) in [5.74, 6) is 0. The summed E-state index contributed by atoms with van der Waals surface area (Å²) in [4.78, 5) is 0. The molecule has 1 aromatic heterocycles. The van der Waals surface area contributed by atoms with Gasteiger partial charge in [-0.2, -0.15) is 18.3 Å². The molecule has 3 nitrogen and oxygen atoms in total. The Morgan fingerprint density at radius 3 is 2.69 bits per heavy atom. The van der Waals surface area contributed by atoms with Crippen LogP contribution in [-0.2, 0) is 25.6 Å². The van der Waals surface area contributed by atoms with E-state index >= 15 is 0 Å². The SMILES string of the molecule is NCCCn1nc2c(c1C(F)(F)F)CCC2. The Labute approximate surface area is 91.4 Å². The monoisotopic (exact) mass is 233 g/mol. The second-order valence-electron chi connectivity index (χ2n) is 3.99. The van der Waals surface area contributed by atoms with Gasteiger partial charge in [0.15, 0.2) is 0 Å². The van der Waals surface area contributed by atoms with Gasteiger partial charge in [0.05, 0.1) is 5.69 Å². The van der Waals surface area contributed by atoms with Gasteiger partial charge in [-0.25, -0.2) is 0 Å². The Balaban J connectivity index is 2.37. The molecule has 0 aromatic carbocycles. The van der Waals surface area contributed by atoms with Crippen LogP contribution in [0.2, 0.25) is 0 Å². The minimum absolute atomic E-state index is 0.248. The average Bonchev–Trinajstić information content (AvgIpc) is 2.70. The van der Waals surface area contributed by atoms with Crippen molar-refractivity contribution in [2.45, 2.75) is 38.4 Å². The van der Waals surface area contributed by atoms with E-state index in [0.29, 0.717) is 37.1 Å². The van der Waals surface area contributed by atoms with Gasteiger partial charge in [0, 0.05) is 12.1 Å². The molecule has 0 radical (unpaired) electrons. The lowest BCUT2D eigenvalue weighted by Crippen LogP contribution is -2.18. The summed E-state index contributed by atoms with van der Waals surface area (Å²) >= 11 is 0. The maximum absolute atomic E-state index is 12.9. The van der Waals surface area contributed by atoms with E-state index in [-0.39, 0.29) is 6.54 Å². The third kappa shape index (κ3) is 1.93. The van der Waals surface area contributed by atoms with Gasteiger partial charge in [-0.3, -0.25) is 4.68 Å². The molecule has 0 amide bonds. The zero-order chi connectivity index (χ0) is 11.8. The molecule has 2 rings (SSSR count). The van der Waals surface area contributed by atoms with E-state index in [1.165, 1.54) is 0 Å². The molecule has 0 fully saturated rings. The quantitative estimate of drug-likeness (QED) is 0.864. The van der Waals surface area contributed by atoms with Gasteiger partial charge < -0.3 is 5.73 Å². The first-order valence-corrected chi connectivity index (χ1v) is 5.40. The van der Waals surface area contributed by atoms with Crippen LogP contribution < -0.4 is 5.73 Å². The number of hydrogen-bond acceptors (Lipinski definition) is 2. The number of alkyl halides is 3. The molecule has 6 heteroatoms. The fraction of sp³-hybridized carbons (Fsp3) is 0.700. The molecule has 1 aliphatic rings. The summed E-state index contributed by atoms with van der Waals surface area (Å²) in [7, 11) is 0. The van der Waals surface area contributed by atoms with Crippen LogP contribution in [0.4, 0.5) is 13.2 Å². The maximum Gasteiger partial charge on any atom is 0.433 e. The van der Waals surface area contributed by atoms with Crippen LogP contribution in [0.5, 0.6) is 0 Å². The van der Waals surface area contributed by atoms with Crippen molar-refractivity contribution in [1.29, 1.82) is 0 Å². The molecule has 0 bridgehead atoms. The van der Waals surface area contributed by atoms with Crippen LogP contribution in [0, 0.1) is 0 Å². The molecule has 0 saturated heterocycles.